The smallest absolute Gasteiger partial charge is 0.355 e. The molecule has 2 aromatic rings. The lowest BCUT2D eigenvalue weighted by molar-refractivity contribution is -0.140. The third-order valence-electron chi connectivity index (χ3n) is 5.56. The minimum Gasteiger partial charge on any atom is -0.451 e. The van der Waals surface area contributed by atoms with Crippen LogP contribution in [-0.2, 0) is 19.1 Å². The van der Waals surface area contributed by atoms with E-state index in [1.807, 2.05) is 25.1 Å². The average molecular weight is 434 g/mol. The van der Waals surface area contributed by atoms with Gasteiger partial charge in [-0.1, -0.05) is 18.2 Å². The number of nitrogens with one attached hydrogen (secondary N) is 1. The van der Waals surface area contributed by atoms with Gasteiger partial charge in [0.25, 0.3) is 5.91 Å². The summed E-state index contributed by atoms with van der Waals surface area (Å²) in [6, 6.07) is 14.8. The zero-order valence-electron chi connectivity index (χ0n) is 18.0. The van der Waals surface area contributed by atoms with Crippen LogP contribution in [0, 0.1) is 6.92 Å². The first-order valence-electron chi connectivity index (χ1n) is 10.8. The van der Waals surface area contributed by atoms with E-state index in [2.05, 4.69) is 21.4 Å². The van der Waals surface area contributed by atoms with E-state index >= 15 is 0 Å². The number of esters is 1. The molecule has 1 saturated heterocycles. The molecule has 1 fully saturated rings. The molecule has 0 bridgehead atoms. The number of para-hydroxylation sites is 1. The number of amides is 2. The van der Waals surface area contributed by atoms with Gasteiger partial charge < -0.3 is 15.0 Å². The van der Waals surface area contributed by atoms with Gasteiger partial charge in [-0.25, -0.2) is 9.80 Å². The van der Waals surface area contributed by atoms with Crippen LogP contribution < -0.4 is 15.2 Å². The van der Waals surface area contributed by atoms with Gasteiger partial charge >= 0.3 is 5.97 Å². The molecule has 2 heterocycles. The van der Waals surface area contributed by atoms with Crippen molar-refractivity contribution in [3.8, 4) is 0 Å². The van der Waals surface area contributed by atoms with Crippen molar-refractivity contribution in [2.45, 2.75) is 32.6 Å². The molecule has 4 rings (SSSR count). The molecular formula is C24H26N4O4. The molecule has 0 spiro atoms. The standard InChI is InChI=1S/C24H26N4O4/c1-17-15-19(27-13-5-6-14-27)9-10-20(17)25-22(29)16-32-24(31)21-11-12-23(30)28(26-21)18-7-3-2-4-8-18/h2-4,7-10,15H,5-6,11-14,16H2,1H3,(H,25,29). The molecule has 32 heavy (non-hydrogen) atoms. The van der Waals surface area contributed by atoms with E-state index in [0.29, 0.717) is 11.4 Å². The molecular weight excluding hydrogens is 408 g/mol. The van der Waals surface area contributed by atoms with E-state index in [1.165, 1.54) is 17.9 Å². The second-order valence-electron chi connectivity index (χ2n) is 7.91. The van der Waals surface area contributed by atoms with Crippen molar-refractivity contribution in [2.24, 2.45) is 5.10 Å². The first kappa shape index (κ1) is 21.5. The largest absolute Gasteiger partial charge is 0.451 e. The van der Waals surface area contributed by atoms with Gasteiger partial charge in [-0.15, -0.1) is 0 Å². The van der Waals surface area contributed by atoms with Crippen LogP contribution >= 0.6 is 0 Å². The van der Waals surface area contributed by atoms with Crippen molar-refractivity contribution in [3.05, 3.63) is 54.1 Å². The normalized spacial score (nSPS) is 16.0. The van der Waals surface area contributed by atoms with E-state index in [-0.39, 0.29) is 24.5 Å². The first-order valence-corrected chi connectivity index (χ1v) is 10.8. The maximum atomic E-state index is 12.4. The highest BCUT2D eigenvalue weighted by atomic mass is 16.5. The van der Waals surface area contributed by atoms with E-state index in [1.54, 1.807) is 24.3 Å². The highest BCUT2D eigenvalue weighted by Gasteiger charge is 2.26. The molecule has 166 valence electrons. The Morgan fingerprint density at radius 1 is 1.03 bits per heavy atom. The molecule has 2 aliphatic heterocycles. The maximum Gasteiger partial charge on any atom is 0.355 e. The molecule has 8 nitrogen and oxygen atoms in total. The van der Waals surface area contributed by atoms with Gasteiger partial charge in [-0.2, -0.15) is 5.10 Å². The van der Waals surface area contributed by atoms with E-state index in [9.17, 15) is 14.4 Å². The Hall–Kier alpha value is -3.68. The third kappa shape index (κ3) is 4.96. The second kappa shape index (κ2) is 9.64. The average Bonchev–Trinajstić information content (AvgIpc) is 3.35. The van der Waals surface area contributed by atoms with Crippen molar-refractivity contribution in [1.82, 2.24) is 0 Å². The lowest BCUT2D eigenvalue weighted by atomic mass is 10.1. The summed E-state index contributed by atoms with van der Waals surface area (Å²) in [6.45, 7) is 3.62. The summed E-state index contributed by atoms with van der Waals surface area (Å²) in [5, 5.41) is 8.13. The van der Waals surface area contributed by atoms with Crippen LogP contribution in [0.5, 0.6) is 0 Å². The van der Waals surface area contributed by atoms with Gasteiger partial charge in [0.15, 0.2) is 6.61 Å². The Kier molecular flexibility index (Phi) is 6.49. The van der Waals surface area contributed by atoms with Crippen LogP contribution in [0.1, 0.15) is 31.2 Å². The second-order valence-corrected chi connectivity index (χ2v) is 7.91. The number of anilines is 3. The lowest BCUT2D eigenvalue weighted by Crippen LogP contribution is -2.35. The molecule has 2 aromatic carbocycles. The first-order chi connectivity index (χ1) is 15.5. The summed E-state index contributed by atoms with van der Waals surface area (Å²) in [7, 11) is 0. The molecule has 0 atom stereocenters. The predicted octanol–water partition coefficient (Wildman–Crippen LogP) is 3.26. The van der Waals surface area contributed by atoms with Crippen molar-refractivity contribution in [1.29, 1.82) is 0 Å². The summed E-state index contributed by atoms with van der Waals surface area (Å²) >= 11 is 0. The molecule has 8 heteroatoms. The van der Waals surface area contributed by atoms with Gasteiger partial charge in [0.1, 0.15) is 5.71 Å². The predicted molar refractivity (Wildman–Crippen MR) is 123 cm³/mol. The molecule has 2 aliphatic rings. The van der Waals surface area contributed by atoms with Crippen LogP contribution in [0.2, 0.25) is 0 Å². The van der Waals surface area contributed by atoms with Crippen LogP contribution in [-0.4, -0.2) is 43.2 Å². The van der Waals surface area contributed by atoms with Crippen molar-refractivity contribution in [3.63, 3.8) is 0 Å². The minimum absolute atomic E-state index is 0.118. The number of ether oxygens (including phenoxy) is 1. The summed E-state index contributed by atoms with van der Waals surface area (Å²) in [4.78, 5) is 39.2. The number of nitrogens with zero attached hydrogens (tertiary/aromatic N) is 3. The Morgan fingerprint density at radius 2 is 1.78 bits per heavy atom. The summed E-state index contributed by atoms with van der Waals surface area (Å²) in [5.74, 6) is -1.32. The zero-order chi connectivity index (χ0) is 22.5. The molecule has 0 radical (unpaired) electrons. The van der Waals surface area contributed by atoms with Gasteiger partial charge in [-0.3, -0.25) is 9.59 Å². The fraction of sp³-hybridized carbons (Fsp3) is 0.333. The quantitative estimate of drug-likeness (QED) is 0.705. The van der Waals surface area contributed by atoms with Gasteiger partial charge in [0.05, 0.1) is 5.69 Å². The summed E-state index contributed by atoms with van der Waals surface area (Å²) in [6.07, 6.45) is 2.73. The van der Waals surface area contributed by atoms with Crippen LogP contribution in [0.4, 0.5) is 17.1 Å². The SMILES string of the molecule is Cc1cc(N2CCCC2)ccc1NC(=O)COC(=O)C1=NN(c2ccccc2)C(=O)CC1. The fourth-order valence-electron chi connectivity index (χ4n) is 3.83. The molecule has 0 aliphatic carbocycles. The number of hydrogen-bond acceptors (Lipinski definition) is 6. The topological polar surface area (TPSA) is 91.3 Å². The van der Waals surface area contributed by atoms with Crippen LogP contribution in [0.15, 0.2) is 53.6 Å². The number of carbonyl (C=O) groups excluding carboxylic acids is 3. The number of benzene rings is 2. The monoisotopic (exact) mass is 434 g/mol. The number of hydrogen-bond donors (Lipinski definition) is 1. The highest BCUT2D eigenvalue weighted by molar-refractivity contribution is 6.38. The Labute approximate surface area is 186 Å². The third-order valence-corrected chi connectivity index (χ3v) is 5.56. The van der Waals surface area contributed by atoms with Crippen molar-refractivity contribution < 1.29 is 19.1 Å². The number of carbonyl (C=O) groups is 3. The Morgan fingerprint density at radius 3 is 2.50 bits per heavy atom. The van der Waals surface area contributed by atoms with E-state index < -0.39 is 18.5 Å². The minimum atomic E-state index is -0.699. The van der Waals surface area contributed by atoms with Crippen LogP contribution in [0.25, 0.3) is 0 Å². The Bertz CT molecular complexity index is 1050. The summed E-state index contributed by atoms with van der Waals surface area (Å²) in [5.41, 5.74) is 3.48. The number of rotatable bonds is 6. The molecule has 0 saturated carbocycles. The van der Waals surface area contributed by atoms with Gasteiger partial charge in [0, 0.05) is 37.3 Å². The molecule has 2 amide bonds. The van der Waals surface area contributed by atoms with Gasteiger partial charge in [0.2, 0.25) is 5.91 Å². The van der Waals surface area contributed by atoms with Crippen molar-refractivity contribution in [2.75, 3.05) is 34.9 Å². The highest BCUT2D eigenvalue weighted by Crippen LogP contribution is 2.25. The summed E-state index contributed by atoms with van der Waals surface area (Å²) < 4.78 is 5.15. The van der Waals surface area contributed by atoms with Crippen LogP contribution in [0.3, 0.4) is 0 Å². The maximum absolute atomic E-state index is 12.4. The molecule has 0 unspecified atom stereocenters. The van der Waals surface area contributed by atoms with Gasteiger partial charge in [-0.05, 0) is 55.7 Å². The fourth-order valence-corrected chi connectivity index (χ4v) is 3.83. The Balaban J connectivity index is 1.33. The lowest BCUT2D eigenvalue weighted by Gasteiger charge is -2.22. The molecule has 1 N–H and O–H groups in total. The molecule has 0 aromatic heterocycles. The van der Waals surface area contributed by atoms with E-state index in [4.69, 9.17) is 4.74 Å². The zero-order valence-corrected chi connectivity index (χ0v) is 18.0. The number of aryl methyl sites for hydroxylation is 1. The number of hydrazone groups is 1. The van der Waals surface area contributed by atoms with E-state index in [0.717, 1.165) is 24.3 Å². The van der Waals surface area contributed by atoms with Crippen molar-refractivity contribution >= 4 is 40.6 Å².